The van der Waals surface area contributed by atoms with E-state index >= 15 is 0 Å². The summed E-state index contributed by atoms with van der Waals surface area (Å²) in [5, 5.41) is 11.9. The molecule has 6 nitrogen and oxygen atoms in total. The minimum absolute atomic E-state index is 0.326. The van der Waals surface area contributed by atoms with Crippen LogP contribution in [-0.2, 0) is 10.3 Å². The zero-order chi connectivity index (χ0) is 14.0. The van der Waals surface area contributed by atoms with E-state index in [1.165, 1.54) is 0 Å². The number of tetrazole rings is 1. The number of nitrogens with zero attached hydrogens (tertiary/aromatic N) is 4. The third-order valence-corrected chi connectivity index (χ3v) is 3.08. The molecule has 0 aliphatic rings. The largest absolute Gasteiger partial charge is 0.398 e. The Bertz CT molecular complexity index is 576. The highest BCUT2D eigenvalue weighted by atomic mass is 16.5. The molecule has 0 bridgehead atoms. The molecule has 0 amide bonds. The minimum Gasteiger partial charge on any atom is -0.398 e. The third-order valence-electron chi connectivity index (χ3n) is 3.08. The topological polar surface area (TPSA) is 78.8 Å². The molecule has 0 fully saturated rings. The van der Waals surface area contributed by atoms with Gasteiger partial charge in [-0.3, -0.25) is 0 Å². The molecular formula is C13H19N5O. The molecule has 0 aliphatic heterocycles. The van der Waals surface area contributed by atoms with Gasteiger partial charge in [0.05, 0.1) is 12.1 Å². The first-order valence-electron chi connectivity index (χ1n) is 6.10. The fourth-order valence-electron chi connectivity index (χ4n) is 1.97. The van der Waals surface area contributed by atoms with Crippen LogP contribution in [0.2, 0.25) is 0 Å². The number of aryl methyl sites for hydroxylation is 1. The Balaban J connectivity index is 2.47. The minimum atomic E-state index is -0.326. The van der Waals surface area contributed by atoms with Crippen molar-refractivity contribution in [1.82, 2.24) is 20.2 Å². The molecule has 0 spiro atoms. The van der Waals surface area contributed by atoms with Crippen molar-refractivity contribution in [3.8, 4) is 11.4 Å². The van der Waals surface area contributed by atoms with Gasteiger partial charge in [-0.05, 0) is 42.8 Å². The number of benzene rings is 1. The maximum Gasteiger partial charge on any atom is 0.182 e. The van der Waals surface area contributed by atoms with E-state index in [9.17, 15) is 0 Å². The number of hydrogen-bond donors (Lipinski definition) is 1. The fourth-order valence-corrected chi connectivity index (χ4v) is 1.97. The molecule has 6 heteroatoms. The molecule has 0 atom stereocenters. The van der Waals surface area contributed by atoms with Gasteiger partial charge in [-0.25, -0.2) is 4.68 Å². The van der Waals surface area contributed by atoms with Crippen LogP contribution in [0.5, 0.6) is 0 Å². The van der Waals surface area contributed by atoms with Crippen molar-refractivity contribution in [3.05, 3.63) is 23.8 Å². The number of rotatable bonds is 4. The number of ether oxygens (including phenoxy) is 1. The molecular weight excluding hydrogens is 242 g/mol. The molecule has 0 aliphatic carbocycles. The lowest BCUT2D eigenvalue weighted by Crippen LogP contribution is -2.33. The van der Waals surface area contributed by atoms with E-state index in [-0.39, 0.29) is 5.54 Å². The molecule has 0 radical (unpaired) electrons. The van der Waals surface area contributed by atoms with Crippen molar-refractivity contribution in [1.29, 1.82) is 0 Å². The van der Waals surface area contributed by atoms with E-state index in [4.69, 9.17) is 10.5 Å². The summed E-state index contributed by atoms with van der Waals surface area (Å²) in [5.41, 5.74) is 8.29. The maximum atomic E-state index is 5.94. The Hall–Kier alpha value is -1.95. The highest BCUT2D eigenvalue weighted by Gasteiger charge is 2.26. The van der Waals surface area contributed by atoms with Gasteiger partial charge in [0.2, 0.25) is 0 Å². The lowest BCUT2D eigenvalue weighted by Gasteiger charge is -2.24. The summed E-state index contributed by atoms with van der Waals surface area (Å²) in [6.07, 6.45) is 0. The van der Waals surface area contributed by atoms with Crippen LogP contribution in [0.3, 0.4) is 0 Å². The zero-order valence-electron chi connectivity index (χ0n) is 11.7. The van der Waals surface area contributed by atoms with Crippen molar-refractivity contribution in [2.75, 3.05) is 19.5 Å². The lowest BCUT2D eigenvalue weighted by atomic mass is 10.1. The van der Waals surface area contributed by atoms with Crippen LogP contribution < -0.4 is 5.73 Å². The highest BCUT2D eigenvalue weighted by Crippen LogP contribution is 2.25. The average Bonchev–Trinajstić information content (AvgIpc) is 2.82. The van der Waals surface area contributed by atoms with Gasteiger partial charge in [-0.1, -0.05) is 12.1 Å². The first-order valence-corrected chi connectivity index (χ1v) is 6.10. The van der Waals surface area contributed by atoms with Crippen LogP contribution in [0, 0.1) is 6.92 Å². The molecule has 0 saturated carbocycles. The highest BCUT2D eigenvalue weighted by molar-refractivity contribution is 5.63. The summed E-state index contributed by atoms with van der Waals surface area (Å²) in [4.78, 5) is 0. The van der Waals surface area contributed by atoms with Gasteiger partial charge in [0.25, 0.3) is 0 Å². The third kappa shape index (κ3) is 2.58. The average molecular weight is 261 g/mol. The number of anilines is 1. The molecule has 0 unspecified atom stereocenters. The van der Waals surface area contributed by atoms with Crippen molar-refractivity contribution < 1.29 is 4.74 Å². The van der Waals surface area contributed by atoms with Gasteiger partial charge in [-0.15, -0.1) is 5.10 Å². The summed E-state index contributed by atoms with van der Waals surface area (Å²) in [6.45, 7) is 6.53. The molecule has 1 aromatic carbocycles. The Morgan fingerprint density at radius 3 is 2.74 bits per heavy atom. The van der Waals surface area contributed by atoms with E-state index in [2.05, 4.69) is 15.5 Å². The van der Waals surface area contributed by atoms with E-state index in [0.29, 0.717) is 12.4 Å². The van der Waals surface area contributed by atoms with Gasteiger partial charge >= 0.3 is 0 Å². The van der Waals surface area contributed by atoms with Gasteiger partial charge < -0.3 is 10.5 Å². The number of methoxy groups -OCH3 is 1. The molecule has 102 valence electrons. The predicted molar refractivity (Wildman–Crippen MR) is 73.6 cm³/mol. The normalized spacial score (nSPS) is 11.8. The quantitative estimate of drug-likeness (QED) is 0.846. The smallest absolute Gasteiger partial charge is 0.182 e. The lowest BCUT2D eigenvalue weighted by molar-refractivity contribution is 0.101. The molecule has 19 heavy (non-hydrogen) atoms. The summed E-state index contributed by atoms with van der Waals surface area (Å²) in [6, 6.07) is 5.82. The van der Waals surface area contributed by atoms with Crippen LogP contribution >= 0.6 is 0 Å². The Kier molecular flexibility index (Phi) is 3.53. The van der Waals surface area contributed by atoms with Crippen LogP contribution in [0.1, 0.15) is 19.4 Å². The Labute approximate surface area is 112 Å². The standard InChI is InChI=1S/C13H19N5O/c1-9-5-6-10(7-11(9)14)12-15-16-17-18(12)13(2,3)8-19-4/h5-7H,8,14H2,1-4H3. The summed E-state index contributed by atoms with van der Waals surface area (Å²) in [7, 11) is 1.66. The van der Waals surface area contributed by atoms with E-state index < -0.39 is 0 Å². The van der Waals surface area contributed by atoms with E-state index in [1.807, 2.05) is 39.0 Å². The monoisotopic (exact) mass is 261 g/mol. The van der Waals surface area contributed by atoms with E-state index in [0.717, 1.165) is 16.8 Å². The van der Waals surface area contributed by atoms with Gasteiger partial charge in [0.1, 0.15) is 0 Å². The summed E-state index contributed by atoms with van der Waals surface area (Å²) < 4.78 is 6.99. The van der Waals surface area contributed by atoms with Crippen LogP contribution in [0.15, 0.2) is 18.2 Å². The number of hydrogen-bond acceptors (Lipinski definition) is 5. The van der Waals surface area contributed by atoms with Gasteiger partial charge in [0.15, 0.2) is 5.82 Å². The number of aromatic nitrogens is 4. The first kappa shape index (κ1) is 13.5. The molecule has 1 aromatic heterocycles. The van der Waals surface area contributed by atoms with Crippen molar-refractivity contribution >= 4 is 5.69 Å². The van der Waals surface area contributed by atoms with Crippen molar-refractivity contribution in [2.24, 2.45) is 0 Å². The number of nitrogen functional groups attached to an aromatic ring is 1. The Morgan fingerprint density at radius 2 is 2.11 bits per heavy atom. The van der Waals surface area contributed by atoms with E-state index in [1.54, 1.807) is 11.8 Å². The maximum absolute atomic E-state index is 5.94. The van der Waals surface area contributed by atoms with Crippen LogP contribution in [0.25, 0.3) is 11.4 Å². The second-order valence-electron chi connectivity index (χ2n) is 5.23. The van der Waals surface area contributed by atoms with Crippen molar-refractivity contribution in [3.63, 3.8) is 0 Å². The van der Waals surface area contributed by atoms with Crippen LogP contribution in [0.4, 0.5) is 5.69 Å². The molecule has 2 rings (SSSR count). The predicted octanol–water partition coefficient (Wildman–Crippen LogP) is 1.61. The Morgan fingerprint density at radius 1 is 1.37 bits per heavy atom. The van der Waals surface area contributed by atoms with Crippen LogP contribution in [-0.4, -0.2) is 33.9 Å². The molecule has 2 N–H and O–H groups in total. The summed E-state index contributed by atoms with van der Waals surface area (Å²) in [5.74, 6) is 0.689. The van der Waals surface area contributed by atoms with Gasteiger partial charge in [0, 0.05) is 18.4 Å². The summed E-state index contributed by atoms with van der Waals surface area (Å²) >= 11 is 0. The van der Waals surface area contributed by atoms with Gasteiger partial charge in [-0.2, -0.15) is 0 Å². The number of nitrogens with two attached hydrogens (primary N) is 1. The fraction of sp³-hybridized carbons (Fsp3) is 0.462. The zero-order valence-corrected chi connectivity index (χ0v) is 11.7. The second-order valence-corrected chi connectivity index (χ2v) is 5.23. The molecule has 2 aromatic rings. The van der Waals surface area contributed by atoms with Crippen molar-refractivity contribution in [2.45, 2.75) is 26.3 Å². The molecule has 1 heterocycles. The SMILES string of the molecule is COCC(C)(C)n1nnnc1-c1ccc(C)c(N)c1. The first-order chi connectivity index (χ1) is 8.95. The molecule has 0 saturated heterocycles. The second kappa shape index (κ2) is 4.97.